The number of carbonyl (C=O) groups is 2. The molecule has 0 N–H and O–H groups in total. The van der Waals surface area contributed by atoms with Gasteiger partial charge in [-0.1, -0.05) is 0 Å². The van der Waals surface area contributed by atoms with Crippen molar-refractivity contribution in [2.75, 3.05) is 32.5 Å². The van der Waals surface area contributed by atoms with Gasteiger partial charge in [-0.25, -0.2) is 27.2 Å². The predicted octanol–water partition coefficient (Wildman–Crippen LogP) is 4.45. The number of nitrogens with zero attached hydrogens (tertiary/aromatic N) is 1. The van der Waals surface area contributed by atoms with Gasteiger partial charge >= 0.3 is 18.1 Å². The van der Waals surface area contributed by atoms with Crippen LogP contribution < -0.4 is 9.64 Å². The monoisotopic (exact) mass is 509 g/mol. The Balaban J connectivity index is 2.03. The second kappa shape index (κ2) is 9.82. The van der Waals surface area contributed by atoms with E-state index in [-0.39, 0.29) is 24.3 Å². The maximum Gasteiger partial charge on any atom is 0.416 e. The topological polar surface area (TPSA) is 74.3 Å². The number of hydrogen-bond donors (Lipinski definition) is 0. The highest BCUT2D eigenvalue weighted by Crippen LogP contribution is 2.38. The molecule has 0 amide bonds. The van der Waals surface area contributed by atoms with Gasteiger partial charge in [0.05, 0.1) is 32.0 Å². The van der Waals surface area contributed by atoms with Crippen molar-refractivity contribution in [3.8, 4) is 11.5 Å². The van der Waals surface area contributed by atoms with Crippen LogP contribution in [0.2, 0.25) is 0 Å². The number of methoxy groups -OCH3 is 2. The number of anilines is 1. The standard InChI is InChI=1S/C21H14F7NO6/c1-32-19(30)11-7-34-8-29(16(11)20(31)33-2)10-5-14(24)18(15(25)6-10)35-17-12(22)3-9(4-13(17)23)21(26,27)28/h3-6H,7-8H2,1-2H3. The molecule has 3 rings (SSSR count). The van der Waals surface area contributed by atoms with Crippen LogP contribution in [0.3, 0.4) is 0 Å². The van der Waals surface area contributed by atoms with E-state index >= 15 is 0 Å². The van der Waals surface area contributed by atoms with Gasteiger partial charge in [0.25, 0.3) is 0 Å². The molecule has 2 aromatic rings. The lowest BCUT2D eigenvalue weighted by Gasteiger charge is -2.31. The minimum Gasteiger partial charge on any atom is -0.466 e. The van der Waals surface area contributed by atoms with Crippen molar-refractivity contribution in [2.24, 2.45) is 0 Å². The summed E-state index contributed by atoms with van der Waals surface area (Å²) in [4.78, 5) is 25.2. The van der Waals surface area contributed by atoms with Crippen LogP contribution in [0.15, 0.2) is 35.5 Å². The van der Waals surface area contributed by atoms with E-state index in [1.807, 2.05) is 0 Å². The molecular weight excluding hydrogens is 495 g/mol. The smallest absolute Gasteiger partial charge is 0.416 e. The molecule has 0 unspecified atom stereocenters. The Morgan fingerprint density at radius 2 is 1.34 bits per heavy atom. The molecule has 2 aromatic carbocycles. The minimum absolute atomic E-state index is 0.102. The molecule has 188 valence electrons. The summed E-state index contributed by atoms with van der Waals surface area (Å²) in [6, 6.07) is 0.945. The van der Waals surface area contributed by atoms with E-state index in [0.717, 1.165) is 19.1 Å². The Morgan fingerprint density at radius 1 is 0.857 bits per heavy atom. The lowest BCUT2D eigenvalue weighted by molar-refractivity contribution is -0.140. The molecule has 0 bridgehead atoms. The molecule has 0 saturated carbocycles. The van der Waals surface area contributed by atoms with Crippen molar-refractivity contribution in [1.29, 1.82) is 0 Å². The summed E-state index contributed by atoms with van der Waals surface area (Å²) >= 11 is 0. The second-order valence-corrected chi connectivity index (χ2v) is 6.82. The van der Waals surface area contributed by atoms with Gasteiger partial charge in [-0.05, 0) is 12.1 Å². The SMILES string of the molecule is COC(=O)C1=C(C(=O)OC)N(c2cc(F)c(Oc3c(F)cc(C(F)(F)F)cc3F)c(F)c2)COC1. The van der Waals surface area contributed by atoms with E-state index in [1.165, 1.54) is 0 Å². The average Bonchev–Trinajstić information content (AvgIpc) is 2.80. The van der Waals surface area contributed by atoms with E-state index in [9.17, 15) is 40.3 Å². The zero-order valence-corrected chi connectivity index (χ0v) is 17.8. The van der Waals surface area contributed by atoms with Crippen LogP contribution in [0.5, 0.6) is 11.5 Å². The third-order valence-corrected chi connectivity index (χ3v) is 4.66. The third-order valence-electron chi connectivity index (χ3n) is 4.66. The molecular formula is C21H14F7NO6. The fraction of sp³-hybridized carbons (Fsp3) is 0.238. The molecule has 0 atom stereocenters. The summed E-state index contributed by atoms with van der Waals surface area (Å²) in [7, 11) is 2.01. The largest absolute Gasteiger partial charge is 0.466 e. The first-order valence-corrected chi connectivity index (χ1v) is 9.37. The molecule has 0 fully saturated rings. The number of halogens is 7. The van der Waals surface area contributed by atoms with Gasteiger partial charge < -0.3 is 23.8 Å². The highest BCUT2D eigenvalue weighted by molar-refractivity contribution is 6.03. The van der Waals surface area contributed by atoms with Crippen LogP contribution in [-0.4, -0.2) is 39.5 Å². The number of esters is 2. The molecule has 1 aliphatic heterocycles. The van der Waals surface area contributed by atoms with Gasteiger partial charge in [-0.2, -0.15) is 13.2 Å². The van der Waals surface area contributed by atoms with Crippen molar-refractivity contribution < 1.29 is 59.3 Å². The van der Waals surface area contributed by atoms with Gasteiger partial charge in [0.1, 0.15) is 12.4 Å². The number of benzene rings is 2. The maximum atomic E-state index is 14.7. The van der Waals surface area contributed by atoms with Crippen molar-refractivity contribution >= 4 is 17.6 Å². The van der Waals surface area contributed by atoms with Crippen LogP contribution in [0, 0.1) is 23.3 Å². The summed E-state index contributed by atoms with van der Waals surface area (Å²) in [5.74, 6) is -11.7. The molecule has 0 aromatic heterocycles. The second-order valence-electron chi connectivity index (χ2n) is 6.82. The lowest BCUT2D eigenvalue weighted by Crippen LogP contribution is -2.38. The number of rotatable bonds is 5. The van der Waals surface area contributed by atoms with E-state index < -0.39 is 76.6 Å². The van der Waals surface area contributed by atoms with E-state index in [4.69, 9.17) is 4.74 Å². The van der Waals surface area contributed by atoms with Gasteiger partial charge in [0.15, 0.2) is 34.8 Å². The zero-order chi connectivity index (χ0) is 26.1. The number of alkyl halides is 3. The molecule has 0 radical (unpaired) electrons. The van der Waals surface area contributed by atoms with Crippen LogP contribution in [0.25, 0.3) is 0 Å². The predicted molar refractivity (Wildman–Crippen MR) is 102 cm³/mol. The normalized spacial score (nSPS) is 14.1. The summed E-state index contributed by atoms with van der Waals surface area (Å²) in [6.45, 7) is -0.849. The summed E-state index contributed by atoms with van der Waals surface area (Å²) in [5, 5.41) is 0. The molecule has 14 heteroatoms. The van der Waals surface area contributed by atoms with Crippen LogP contribution >= 0.6 is 0 Å². The molecule has 35 heavy (non-hydrogen) atoms. The molecule has 1 aliphatic rings. The summed E-state index contributed by atoms with van der Waals surface area (Å²) in [5.41, 5.74) is -2.84. The first-order valence-electron chi connectivity index (χ1n) is 9.37. The third kappa shape index (κ3) is 5.16. The van der Waals surface area contributed by atoms with Gasteiger partial charge in [0.2, 0.25) is 0 Å². The number of ether oxygens (including phenoxy) is 4. The molecule has 0 saturated heterocycles. The number of hydrogen-bond acceptors (Lipinski definition) is 7. The molecule has 1 heterocycles. The van der Waals surface area contributed by atoms with Crippen LogP contribution in [-0.2, 0) is 30.0 Å². The van der Waals surface area contributed by atoms with Gasteiger partial charge in [-0.15, -0.1) is 0 Å². The fourth-order valence-electron chi connectivity index (χ4n) is 3.07. The lowest BCUT2D eigenvalue weighted by atomic mass is 10.1. The first kappa shape index (κ1) is 25.8. The van der Waals surface area contributed by atoms with E-state index in [2.05, 4.69) is 14.2 Å². The molecule has 0 spiro atoms. The van der Waals surface area contributed by atoms with E-state index in [0.29, 0.717) is 12.1 Å². The Morgan fingerprint density at radius 3 is 1.80 bits per heavy atom. The van der Waals surface area contributed by atoms with Crippen molar-refractivity contribution in [3.63, 3.8) is 0 Å². The maximum absolute atomic E-state index is 14.7. The van der Waals surface area contributed by atoms with E-state index in [1.54, 1.807) is 0 Å². The van der Waals surface area contributed by atoms with Crippen LogP contribution in [0.4, 0.5) is 36.4 Å². The average molecular weight is 509 g/mol. The van der Waals surface area contributed by atoms with Crippen molar-refractivity contribution in [3.05, 3.63) is 64.4 Å². The highest BCUT2D eigenvalue weighted by atomic mass is 19.4. The highest BCUT2D eigenvalue weighted by Gasteiger charge is 2.35. The number of carbonyl (C=O) groups excluding carboxylic acids is 2. The fourth-order valence-corrected chi connectivity index (χ4v) is 3.07. The Hall–Kier alpha value is -3.81. The quantitative estimate of drug-likeness (QED) is 0.436. The van der Waals surface area contributed by atoms with Crippen molar-refractivity contribution in [2.45, 2.75) is 6.18 Å². The summed E-state index contributed by atoms with van der Waals surface area (Å²) < 4.78 is 115. The first-order chi connectivity index (χ1) is 16.4. The van der Waals surface area contributed by atoms with Crippen molar-refractivity contribution in [1.82, 2.24) is 0 Å². The Kier molecular flexibility index (Phi) is 7.24. The summed E-state index contributed by atoms with van der Waals surface area (Å²) in [6.07, 6.45) is -5.08. The molecule has 7 nitrogen and oxygen atoms in total. The Bertz CT molecular complexity index is 1170. The zero-order valence-electron chi connectivity index (χ0n) is 17.8. The Labute approximate surface area is 192 Å². The molecule has 0 aliphatic carbocycles. The minimum atomic E-state index is -5.08. The van der Waals surface area contributed by atoms with Gasteiger partial charge in [0, 0.05) is 17.8 Å². The van der Waals surface area contributed by atoms with Crippen LogP contribution in [0.1, 0.15) is 5.56 Å². The van der Waals surface area contributed by atoms with Gasteiger partial charge in [-0.3, -0.25) is 0 Å².